The molecule has 0 fully saturated rings. The van der Waals surface area contributed by atoms with Crippen LogP contribution in [0.25, 0.3) is 4.91 Å². The molecule has 53 valence electrons. The van der Waals surface area contributed by atoms with Crippen LogP contribution in [-0.2, 0) is 0 Å². The minimum atomic E-state index is 0.952. The average molecular weight is 193 g/mol. The fraction of sp³-hybridized carbons (Fsp3) is 0.125. The van der Waals surface area contributed by atoms with Crippen LogP contribution in [0.4, 0.5) is 0 Å². The highest BCUT2D eigenvalue weighted by Crippen LogP contribution is 2.32. The van der Waals surface area contributed by atoms with Crippen LogP contribution in [0.1, 0.15) is 0 Å². The van der Waals surface area contributed by atoms with E-state index in [0.29, 0.717) is 0 Å². The van der Waals surface area contributed by atoms with E-state index in [1.807, 2.05) is 23.1 Å². The summed E-state index contributed by atoms with van der Waals surface area (Å²) < 4.78 is 1.55. The molecule has 1 aromatic heterocycles. The van der Waals surface area contributed by atoms with Gasteiger partial charge in [0.1, 0.15) is 0 Å². The molecule has 0 bridgehead atoms. The van der Waals surface area contributed by atoms with Gasteiger partial charge in [0.25, 0.3) is 0 Å². The van der Waals surface area contributed by atoms with E-state index in [9.17, 15) is 0 Å². The number of fused-ring (bicyclic) bond motifs is 2. The standard InChI is InChI=1S/C8H5S2Si/c1-3-9-7-5(1)11-6-2-4-10-8(6)7/h1-3H,4H2. The molecule has 3 heterocycles. The highest BCUT2D eigenvalue weighted by molar-refractivity contribution is 8.09. The SMILES string of the molecule is C1=C2[Si]=c3ccsc3=C2SC1. The molecule has 0 N–H and O–H groups in total. The lowest BCUT2D eigenvalue weighted by Gasteiger charge is -1.89. The molecule has 3 rings (SSSR count). The van der Waals surface area contributed by atoms with E-state index in [1.54, 1.807) is 19.4 Å². The van der Waals surface area contributed by atoms with E-state index < -0.39 is 0 Å². The van der Waals surface area contributed by atoms with E-state index in [4.69, 9.17) is 0 Å². The summed E-state index contributed by atoms with van der Waals surface area (Å²) in [6.07, 6.45) is 2.38. The molecule has 1 radical (unpaired) electrons. The van der Waals surface area contributed by atoms with Crippen LogP contribution in [-0.4, -0.2) is 14.9 Å². The molecule has 3 heteroatoms. The third-order valence-corrected chi connectivity index (χ3v) is 5.78. The Labute approximate surface area is 75.1 Å². The monoisotopic (exact) mass is 193 g/mol. The summed E-state index contributed by atoms with van der Waals surface area (Å²) in [6, 6.07) is 2.27. The molecule has 11 heavy (non-hydrogen) atoms. The summed E-state index contributed by atoms with van der Waals surface area (Å²) in [5.41, 5.74) is 0. The molecule has 0 nitrogen and oxygen atoms in total. The quantitative estimate of drug-likeness (QED) is 0.562. The fourth-order valence-corrected chi connectivity index (χ4v) is 5.66. The van der Waals surface area contributed by atoms with Crippen molar-refractivity contribution >= 4 is 37.1 Å². The van der Waals surface area contributed by atoms with Gasteiger partial charge in [-0.05, 0) is 21.5 Å². The molecule has 0 aliphatic carbocycles. The summed E-state index contributed by atoms with van der Waals surface area (Å²) >= 11 is 3.90. The second kappa shape index (κ2) is 2.18. The van der Waals surface area contributed by atoms with Crippen molar-refractivity contribution in [1.29, 1.82) is 0 Å². The van der Waals surface area contributed by atoms with Crippen LogP contribution in [0.15, 0.2) is 22.7 Å². The number of hydrogen-bond donors (Lipinski definition) is 0. The van der Waals surface area contributed by atoms with Crippen molar-refractivity contribution in [1.82, 2.24) is 0 Å². The van der Waals surface area contributed by atoms with E-state index in [1.165, 1.54) is 5.75 Å². The smallest absolute Gasteiger partial charge is 0.0718 e. The third kappa shape index (κ3) is 0.789. The van der Waals surface area contributed by atoms with Crippen LogP contribution in [0.3, 0.4) is 0 Å². The molecular weight excluding hydrogens is 188 g/mol. The summed E-state index contributed by atoms with van der Waals surface area (Å²) in [6.45, 7) is 0. The first-order chi connectivity index (χ1) is 5.45. The normalized spacial score (nSPS) is 19.3. The summed E-state index contributed by atoms with van der Waals surface area (Å²) in [4.78, 5) is 3.15. The van der Waals surface area contributed by atoms with Gasteiger partial charge in [-0.15, -0.1) is 23.1 Å². The zero-order chi connectivity index (χ0) is 7.26. The lowest BCUT2D eigenvalue weighted by atomic mass is 10.4. The van der Waals surface area contributed by atoms with Crippen molar-refractivity contribution in [3.63, 3.8) is 0 Å². The topological polar surface area (TPSA) is 0 Å². The Morgan fingerprint density at radius 3 is 3.45 bits per heavy atom. The Kier molecular flexibility index (Phi) is 1.27. The lowest BCUT2D eigenvalue weighted by molar-refractivity contribution is 1.81. The maximum Gasteiger partial charge on any atom is 0.0718 e. The van der Waals surface area contributed by atoms with E-state index >= 15 is 0 Å². The van der Waals surface area contributed by atoms with Crippen molar-refractivity contribution in [2.75, 3.05) is 5.75 Å². The van der Waals surface area contributed by atoms with Crippen LogP contribution in [0, 0.1) is 4.81 Å². The van der Waals surface area contributed by atoms with Crippen molar-refractivity contribution in [3.8, 4) is 0 Å². The molecule has 0 saturated carbocycles. The summed E-state index contributed by atoms with van der Waals surface area (Å²) in [5, 5.41) is 3.82. The molecule has 0 spiro atoms. The summed E-state index contributed by atoms with van der Waals surface area (Å²) in [5.74, 6) is 1.20. The first-order valence-electron chi connectivity index (χ1n) is 3.50. The molecule has 0 atom stereocenters. The van der Waals surface area contributed by atoms with Gasteiger partial charge < -0.3 is 0 Å². The van der Waals surface area contributed by atoms with Gasteiger partial charge in [-0.25, -0.2) is 0 Å². The van der Waals surface area contributed by atoms with Crippen LogP contribution >= 0.6 is 23.1 Å². The fourth-order valence-electron chi connectivity index (χ4n) is 1.40. The van der Waals surface area contributed by atoms with Gasteiger partial charge in [-0.1, -0.05) is 6.08 Å². The molecule has 2 aliphatic rings. The summed E-state index contributed by atoms with van der Waals surface area (Å²) in [7, 11) is 0.952. The van der Waals surface area contributed by atoms with Crippen LogP contribution in [0.5, 0.6) is 0 Å². The Hall–Kier alpha value is -0.123. The Bertz CT molecular complexity index is 453. The second-order valence-corrected chi connectivity index (χ2v) is 5.82. The van der Waals surface area contributed by atoms with Gasteiger partial charge >= 0.3 is 0 Å². The van der Waals surface area contributed by atoms with Gasteiger partial charge in [0.05, 0.1) is 9.13 Å². The minimum Gasteiger partial charge on any atom is -0.143 e. The van der Waals surface area contributed by atoms with Gasteiger partial charge in [-0.2, -0.15) is 0 Å². The average Bonchev–Trinajstić information content (AvgIpc) is 2.52. The molecule has 2 aliphatic heterocycles. The predicted octanol–water partition coefficient (Wildman–Crippen LogP) is 1.46. The molecule has 0 saturated heterocycles. The zero-order valence-corrected chi connectivity index (χ0v) is 8.39. The van der Waals surface area contributed by atoms with Gasteiger partial charge in [-0.3, -0.25) is 0 Å². The van der Waals surface area contributed by atoms with E-state index in [-0.39, 0.29) is 0 Å². The van der Waals surface area contributed by atoms with E-state index in [0.717, 1.165) is 9.13 Å². The first kappa shape index (κ1) is 6.40. The number of hydrogen-bond acceptors (Lipinski definition) is 2. The molecular formula is C8H5S2Si. The van der Waals surface area contributed by atoms with Crippen LogP contribution in [0.2, 0.25) is 0 Å². The molecule has 0 aromatic carbocycles. The Morgan fingerprint density at radius 1 is 1.45 bits per heavy atom. The molecule has 1 aromatic rings. The lowest BCUT2D eigenvalue weighted by Crippen LogP contribution is -1.91. The van der Waals surface area contributed by atoms with Crippen LogP contribution < -0.4 is 4.53 Å². The predicted molar refractivity (Wildman–Crippen MR) is 52.5 cm³/mol. The number of thiophene rings is 1. The second-order valence-electron chi connectivity index (χ2n) is 2.55. The molecule has 0 amide bonds. The van der Waals surface area contributed by atoms with E-state index in [2.05, 4.69) is 17.5 Å². The van der Waals surface area contributed by atoms with Crippen molar-refractivity contribution < 1.29 is 0 Å². The van der Waals surface area contributed by atoms with Gasteiger partial charge in [0.15, 0.2) is 0 Å². The zero-order valence-electron chi connectivity index (χ0n) is 5.76. The van der Waals surface area contributed by atoms with Gasteiger partial charge in [0, 0.05) is 15.2 Å². The number of rotatable bonds is 0. The van der Waals surface area contributed by atoms with Crippen molar-refractivity contribution in [2.24, 2.45) is 0 Å². The minimum absolute atomic E-state index is 0.952. The number of thioether (sulfide) groups is 1. The Balaban J connectivity index is 2.55. The largest absolute Gasteiger partial charge is 0.143 e. The van der Waals surface area contributed by atoms with Crippen molar-refractivity contribution in [2.45, 2.75) is 0 Å². The maximum atomic E-state index is 2.38. The maximum absolute atomic E-state index is 2.38. The van der Waals surface area contributed by atoms with Crippen molar-refractivity contribution in [3.05, 3.63) is 32.1 Å². The highest BCUT2D eigenvalue weighted by atomic mass is 32.2. The first-order valence-corrected chi connectivity index (χ1v) is 6.37. The third-order valence-electron chi connectivity index (χ3n) is 1.90. The highest BCUT2D eigenvalue weighted by Gasteiger charge is 2.16. The molecule has 0 unspecified atom stereocenters. The van der Waals surface area contributed by atoms with Gasteiger partial charge in [0.2, 0.25) is 0 Å². The Morgan fingerprint density at radius 2 is 2.45 bits per heavy atom.